The molecule has 1 aromatic heterocycles. The molecule has 0 spiro atoms. The second-order valence-electron chi connectivity index (χ2n) is 7.30. The normalized spacial score (nSPS) is 16.5. The molecule has 2 aromatic rings. The van der Waals surface area contributed by atoms with Crippen LogP contribution in [0.1, 0.15) is 49.2 Å². The molecule has 0 bridgehead atoms. The van der Waals surface area contributed by atoms with Gasteiger partial charge in [-0.2, -0.15) is 13.2 Å². The lowest BCUT2D eigenvalue weighted by atomic mass is 9.94. The Labute approximate surface area is 168 Å². The van der Waals surface area contributed by atoms with Crippen molar-refractivity contribution in [3.05, 3.63) is 53.5 Å². The number of hydrogen-bond donors (Lipinski definition) is 1. The molecule has 5 nitrogen and oxygen atoms in total. The first-order chi connectivity index (χ1) is 13.8. The third-order valence-corrected chi connectivity index (χ3v) is 5.21. The topological polar surface area (TPSA) is 58.1 Å². The Morgan fingerprint density at radius 1 is 1.21 bits per heavy atom. The zero-order valence-electron chi connectivity index (χ0n) is 16.5. The smallest absolute Gasteiger partial charge is 0.356 e. The first-order valence-electron chi connectivity index (χ1n) is 9.81. The molecule has 1 aliphatic heterocycles. The number of nitrogens with one attached hydrogen (secondary N) is 1. The molecule has 0 unspecified atom stereocenters. The molecule has 1 amide bonds. The zero-order chi connectivity index (χ0) is 21.0. The van der Waals surface area contributed by atoms with Crippen molar-refractivity contribution in [3.8, 4) is 0 Å². The molecule has 1 fully saturated rings. The molecule has 0 radical (unpaired) electrons. The summed E-state index contributed by atoms with van der Waals surface area (Å²) in [6.07, 6.45) is -2.49. The van der Waals surface area contributed by atoms with E-state index in [1.807, 2.05) is 42.2 Å². The van der Waals surface area contributed by atoms with Gasteiger partial charge in [-0.1, -0.05) is 37.3 Å². The number of rotatable bonds is 5. The first kappa shape index (κ1) is 21.1. The highest BCUT2D eigenvalue weighted by molar-refractivity contribution is 5.83. The number of carbonyl (C=O) groups excluding carboxylic acids is 1. The maximum absolute atomic E-state index is 13.0. The fourth-order valence-electron chi connectivity index (χ4n) is 3.67. The average Bonchev–Trinajstić information content (AvgIpc) is 2.69. The van der Waals surface area contributed by atoms with E-state index in [2.05, 4.69) is 15.3 Å². The predicted octanol–water partition coefficient (Wildman–Crippen LogP) is 4.08. The van der Waals surface area contributed by atoms with Crippen LogP contribution in [0.2, 0.25) is 0 Å². The molecule has 3 rings (SSSR count). The summed E-state index contributed by atoms with van der Waals surface area (Å²) in [6.45, 7) is 4.50. The molecular weight excluding hydrogens is 381 g/mol. The van der Waals surface area contributed by atoms with E-state index in [0.29, 0.717) is 32.4 Å². The molecule has 0 saturated carbocycles. The van der Waals surface area contributed by atoms with E-state index in [0.717, 1.165) is 11.6 Å². The number of alkyl halides is 3. The molecule has 0 aliphatic carbocycles. The molecule has 1 saturated heterocycles. The highest BCUT2D eigenvalue weighted by Crippen LogP contribution is 2.30. The fraction of sp³-hybridized carbons (Fsp3) is 0.476. The summed E-state index contributed by atoms with van der Waals surface area (Å²) in [6, 6.07) is 10.7. The molecule has 1 atom stereocenters. The minimum absolute atomic E-state index is 0.00142. The number of halogens is 3. The highest BCUT2D eigenvalue weighted by Gasteiger charge is 2.34. The summed E-state index contributed by atoms with van der Waals surface area (Å²) in [5.74, 6) is 0.173. The second kappa shape index (κ2) is 8.80. The number of aromatic nitrogens is 2. The molecule has 1 aromatic carbocycles. The van der Waals surface area contributed by atoms with Crippen molar-refractivity contribution in [2.75, 3.05) is 18.0 Å². The molecule has 156 valence electrons. The van der Waals surface area contributed by atoms with Gasteiger partial charge >= 0.3 is 6.18 Å². The third-order valence-electron chi connectivity index (χ3n) is 5.21. The number of aryl methyl sites for hydroxylation is 1. The number of hydrogen-bond acceptors (Lipinski definition) is 4. The van der Waals surface area contributed by atoms with E-state index in [1.165, 1.54) is 6.92 Å². The van der Waals surface area contributed by atoms with Gasteiger partial charge in [0, 0.05) is 25.2 Å². The number of benzene rings is 1. The van der Waals surface area contributed by atoms with E-state index in [4.69, 9.17) is 0 Å². The SMILES string of the molecule is CC[C@@H](C(=O)NC1CCN(c2cc(C(F)(F)F)nc(C)n2)CC1)c1ccccc1. The van der Waals surface area contributed by atoms with Crippen molar-refractivity contribution in [3.63, 3.8) is 0 Å². The van der Waals surface area contributed by atoms with Gasteiger partial charge in [-0.3, -0.25) is 4.79 Å². The van der Waals surface area contributed by atoms with Crippen molar-refractivity contribution < 1.29 is 18.0 Å². The summed E-state index contributed by atoms with van der Waals surface area (Å²) in [4.78, 5) is 22.2. The molecule has 1 N–H and O–H groups in total. The first-order valence-corrected chi connectivity index (χ1v) is 9.81. The summed E-state index contributed by atoms with van der Waals surface area (Å²) >= 11 is 0. The second-order valence-corrected chi connectivity index (χ2v) is 7.30. The summed E-state index contributed by atoms with van der Waals surface area (Å²) in [7, 11) is 0. The number of amides is 1. The largest absolute Gasteiger partial charge is 0.433 e. The van der Waals surface area contributed by atoms with Crippen LogP contribution in [0.5, 0.6) is 0 Å². The van der Waals surface area contributed by atoms with Gasteiger partial charge in [0.1, 0.15) is 17.3 Å². The Morgan fingerprint density at radius 2 is 1.86 bits per heavy atom. The van der Waals surface area contributed by atoms with Crippen molar-refractivity contribution in [1.82, 2.24) is 15.3 Å². The minimum Gasteiger partial charge on any atom is -0.356 e. The maximum atomic E-state index is 13.0. The average molecular weight is 406 g/mol. The lowest BCUT2D eigenvalue weighted by molar-refractivity contribution is -0.141. The summed E-state index contributed by atoms with van der Waals surface area (Å²) in [5.41, 5.74) is 0.0603. The number of piperidine rings is 1. The lowest BCUT2D eigenvalue weighted by Crippen LogP contribution is -2.46. The Morgan fingerprint density at radius 3 is 2.45 bits per heavy atom. The monoisotopic (exact) mass is 406 g/mol. The molecular formula is C21H25F3N4O. The van der Waals surface area contributed by atoms with E-state index in [9.17, 15) is 18.0 Å². The van der Waals surface area contributed by atoms with Crippen LogP contribution in [0.4, 0.5) is 19.0 Å². The molecule has 29 heavy (non-hydrogen) atoms. The van der Waals surface area contributed by atoms with Gasteiger partial charge in [-0.25, -0.2) is 9.97 Å². The van der Waals surface area contributed by atoms with Crippen molar-refractivity contribution in [1.29, 1.82) is 0 Å². The molecule has 2 heterocycles. The lowest BCUT2D eigenvalue weighted by Gasteiger charge is -2.34. The third kappa shape index (κ3) is 5.25. The molecule has 1 aliphatic rings. The number of carbonyl (C=O) groups is 1. The van der Waals surface area contributed by atoms with E-state index in [-0.39, 0.29) is 29.5 Å². The highest BCUT2D eigenvalue weighted by atomic mass is 19.4. The van der Waals surface area contributed by atoms with Crippen LogP contribution in [0.25, 0.3) is 0 Å². The van der Waals surface area contributed by atoms with E-state index in [1.54, 1.807) is 0 Å². The van der Waals surface area contributed by atoms with Crippen molar-refractivity contribution in [2.24, 2.45) is 0 Å². The van der Waals surface area contributed by atoms with Crippen LogP contribution in [-0.4, -0.2) is 35.0 Å². The van der Waals surface area contributed by atoms with Gasteiger partial charge in [0.25, 0.3) is 0 Å². The van der Waals surface area contributed by atoms with Crippen LogP contribution in [-0.2, 0) is 11.0 Å². The van der Waals surface area contributed by atoms with Gasteiger partial charge in [-0.05, 0) is 31.7 Å². The van der Waals surface area contributed by atoms with Crippen LogP contribution < -0.4 is 10.2 Å². The van der Waals surface area contributed by atoms with E-state index < -0.39 is 11.9 Å². The van der Waals surface area contributed by atoms with Crippen LogP contribution >= 0.6 is 0 Å². The maximum Gasteiger partial charge on any atom is 0.433 e. The predicted molar refractivity (Wildman–Crippen MR) is 105 cm³/mol. The van der Waals surface area contributed by atoms with Crippen molar-refractivity contribution >= 4 is 11.7 Å². The van der Waals surface area contributed by atoms with Gasteiger partial charge in [-0.15, -0.1) is 0 Å². The fourth-order valence-corrected chi connectivity index (χ4v) is 3.67. The van der Waals surface area contributed by atoms with Crippen LogP contribution in [0, 0.1) is 6.92 Å². The quantitative estimate of drug-likeness (QED) is 0.813. The Bertz CT molecular complexity index is 834. The Balaban J connectivity index is 1.61. The van der Waals surface area contributed by atoms with Crippen LogP contribution in [0.3, 0.4) is 0 Å². The Kier molecular flexibility index (Phi) is 6.39. The zero-order valence-corrected chi connectivity index (χ0v) is 16.5. The van der Waals surface area contributed by atoms with Gasteiger partial charge < -0.3 is 10.2 Å². The summed E-state index contributed by atoms with van der Waals surface area (Å²) < 4.78 is 39.0. The minimum atomic E-state index is -4.50. The number of anilines is 1. The Hall–Kier alpha value is -2.64. The van der Waals surface area contributed by atoms with Gasteiger partial charge in [0.2, 0.25) is 5.91 Å². The number of nitrogens with zero attached hydrogens (tertiary/aromatic N) is 3. The van der Waals surface area contributed by atoms with E-state index >= 15 is 0 Å². The standard InChI is InChI=1S/C21H25F3N4O/c1-3-17(15-7-5-4-6-8-15)20(29)27-16-9-11-28(12-10-16)19-13-18(21(22,23)24)25-14(2)26-19/h4-8,13,16-17H,3,9-12H2,1-2H3,(H,27,29)/t17-/m1/s1. The van der Waals surface area contributed by atoms with Crippen LogP contribution in [0.15, 0.2) is 36.4 Å². The summed E-state index contributed by atoms with van der Waals surface area (Å²) in [5, 5.41) is 3.11. The van der Waals surface area contributed by atoms with Gasteiger partial charge in [0.15, 0.2) is 0 Å². The van der Waals surface area contributed by atoms with Crippen molar-refractivity contribution in [2.45, 2.75) is 51.2 Å². The van der Waals surface area contributed by atoms with Gasteiger partial charge in [0.05, 0.1) is 5.92 Å². The molecule has 8 heteroatoms.